The Morgan fingerprint density at radius 2 is 2.16 bits per heavy atom. The fourth-order valence-electron chi connectivity index (χ4n) is 3.29. The Labute approximate surface area is 146 Å². The average Bonchev–Trinajstić information content (AvgIpc) is 3.14. The minimum absolute atomic E-state index is 0.0182. The van der Waals surface area contributed by atoms with E-state index in [4.69, 9.17) is 4.52 Å². The summed E-state index contributed by atoms with van der Waals surface area (Å²) in [6.45, 7) is 1.62. The SMILES string of the molecule is Cc1cccc(S(=O)(=O)N2CCC(F)(c3nc(C4CCC4)no3)C2)c1. The standard InChI is InChI=1S/C17H20FN3O3S/c1-12-4-2-7-14(10-12)25(22,23)21-9-8-17(18,11-21)16-19-15(20-24-16)13-5-3-6-13/h2,4,7,10,13H,3,5-6,8-9,11H2,1H3. The van der Waals surface area contributed by atoms with Gasteiger partial charge in [0.15, 0.2) is 5.82 Å². The third-order valence-electron chi connectivity index (χ3n) is 5.11. The van der Waals surface area contributed by atoms with E-state index in [1.54, 1.807) is 12.1 Å². The molecule has 0 spiro atoms. The van der Waals surface area contributed by atoms with Gasteiger partial charge in [0.2, 0.25) is 15.7 Å². The van der Waals surface area contributed by atoms with Crippen LogP contribution in [0.5, 0.6) is 0 Å². The molecule has 1 atom stereocenters. The van der Waals surface area contributed by atoms with Crippen LogP contribution < -0.4 is 0 Å². The summed E-state index contributed by atoms with van der Waals surface area (Å²) in [5.74, 6) is 0.684. The molecule has 8 heteroatoms. The van der Waals surface area contributed by atoms with Crippen molar-refractivity contribution in [1.82, 2.24) is 14.4 Å². The summed E-state index contributed by atoms with van der Waals surface area (Å²) >= 11 is 0. The second-order valence-corrected chi connectivity index (χ2v) is 8.89. The number of aryl methyl sites for hydroxylation is 1. The van der Waals surface area contributed by atoms with Crippen molar-refractivity contribution in [3.8, 4) is 0 Å². The van der Waals surface area contributed by atoms with Gasteiger partial charge in [-0.3, -0.25) is 0 Å². The predicted molar refractivity (Wildman–Crippen MR) is 88.2 cm³/mol. The molecular weight excluding hydrogens is 345 g/mol. The molecule has 1 aliphatic heterocycles. The first-order valence-electron chi connectivity index (χ1n) is 8.48. The number of hydrogen-bond acceptors (Lipinski definition) is 5. The molecule has 2 aromatic rings. The van der Waals surface area contributed by atoms with Gasteiger partial charge in [0.1, 0.15) is 0 Å². The highest BCUT2D eigenvalue weighted by Gasteiger charge is 2.49. The maximum atomic E-state index is 15.3. The fourth-order valence-corrected chi connectivity index (χ4v) is 4.88. The van der Waals surface area contributed by atoms with E-state index in [0.29, 0.717) is 5.82 Å². The van der Waals surface area contributed by atoms with Crippen LogP contribution >= 0.6 is 0 Å². The average molecular weight is 365 g/mol. The predicted octanol–water partition coefficient (Wildman–Crippen LogP) is 2.90. The zero-order valence-corrected chi connectivity index (χ0v) is 14.8. The summed E-state index contributed by atoms with van der Waals surface area (Å²) in [5, 5.41) is 3.89. The molecule has 25 heavy (non-hydrogen) atoms. The number of aromatic nitrogens is 2. The van der Waals surface area contributed by atoms with Crippen molar-refractivity contribution < 1.29 is 17.3 Å². The van der Waals surface area contributed by atoms with Crippen LogP contribution in [0.1, 0.15) is 48.9 Å². The monoisotopic (exact) mass is 365 g/mol. The van der Waals surface area contributed by atoms with Crippen LogP contribution in [0.15, 0.2) is 33.7 Å². The van der Waals surface area contributed by atoms with E-state index in [0.717, 1.165) is 29.1 Å². The van der Waals surface area contributed by atoms with Crippen LogP contribution in [-0.4, -0.2) is 36.0 Å². The molecule has 2 fully saturated rings. The number of hydrogen-bond donors (Lipinski definition) is 0. The van der Waals surface area contributed by atoms with E-state index in [2.05, 4.69) is 10.1 Å². The zero-order chi connectivity index (χ0) is 17.7. The molecule has 6 nitrogen and oxygen atoms in total. The molecule has 0 radical (unpaired) electrons. The molecule has 1 saturated carbocycles. The molecule has 2 heterocycles. The van der Waals surface area contributed by atoms with E-state index in [-0.39, 0.29) is 36.2 Å². The van der Waals surface area contributed by atoms with Gasteiger partial charge in [0, 0.05) is 18.9 Å². The second kappa shape index (κ2) is 5.88. The molecule has 0 bridgehead atoms. The maximum Gasteiger partial charge on any atom is 0.265 e. The van der Waals surface area contributed by atoms with Crippen molar-refractivity contribution >= 4 is 10.0 Å². The quantitative estimate of drug-likeness (QED) is 0.833. The van der Waals surface area contributed by atoms with Gasteiger partial charge in [-0.2, -0.15) is 9.29 Å². The van der Waals surface area contributed by atoms with Gasteiger partial charge in [-0.05, 0) is 37.5 Å². The highest BCUT2D eigenvalue weighted by Crippen LogP contribution is 2.40. The molecule has 1 aromatic heterocycles. The molecule has 134 valence electrons. The van der Waals surface area contributed by atoms with E-state index >= 15 is 4.39 Å². The second-order valence-electron chi connectivity index (χ2n) is 6.96. The molecule has 1 aromatic carbocycles. The molecular formula is C17H20FN3O3S. The number of benzene rings is 1. The molecule has 1 unspecified atom stereocenters. The van der Waals surface area contributed by atoms with Crippen molar-refractivity contribution in [3.63, 3.8) is 0 Å². The Bertz CT molecular complexity index is 894. The Morgan fingerprint density at radius 1 is 1.36 bits per heavy atom. The van der Waals surface area contributed by atoms with Gasteiger partial charge >= 0.3 is 0 Å². The van der Waals surface area contributed by atoms with Crippen LogP contribution in [0, 0.1) is 6.92 Å². The smallest absolute Gasteiger partial charge is 0.265 e. The maximum absolute atomic E-state index is 15.3. The fraction of sp³-hybridized carbons (Fsp3) is 0.529. The first-order valence-corrected chi connectivity index (χ1v) is 9.92. The van der Waals surface area contributed by atoms with Crippen LogP contribution in [0.3, 0.4) is 0 Å². The highest BCUT2D eigenvalue weighted by atomic mass is 32.2. The number of halogens is 1. The van der Waals surface area contributed by atoms with Gasteiger partial charge < -0.3 is 4.52 Å². The van der Waals surface area contributed by atoms with Crippen LogP contribution in [0.4, 0.5) is 4.39 Å². The Balaban J connectivity index is 1.56. The summed E-state index contributed by atoms with van der Waals surface area (Å²) in [4.78, 5) is 4.39. The molecule has 0 amide bonds. The lowest BCUT2D eigenvalue weighted by molar-refractivity contribution is 0.127. The summed E-state index contributed by atoms with van der Waals surface area (Å²) in [5.41, 5.74) is -1.08. The van der Waals surface area contributed by atoms with E-state index in [9.17, 15) is 8.42 Å². The van der Waals surface area contributed by atoms with E-state index < -0.39 is 15.7 Å². The van der Waals surface area contributed by atoms with Crippen molar-refractivity contribution in [2.24, 2.45) is 0 Å². The van der Waals surface area contributed by atoms with Gasteiger partial charge in [-0.15, -0.1) is 0 Å². The number of sulfonamides is 1. The first-order chi connectivity index (χ1) is 11.9. The van der Waals surface area contributed by atoms with Gasteiger partial charge in [0.25, 0.3) is 5.89 Å². The summed E-state index contributed by atoms with van der Waals surface area (Å²) in [6.07, 6.45) is 3.13. The molecule has 0 N–H and O–H groups in total. The number of nitrogens with zero attached hydrogens (tertiary/aromatic N) is 3. The van der Waals surface area contributed by atoms with E-state index in [1.165, 1.54) is 6.07 Å². The number of alkyl halides is 1. The minimum atomic E-state index is -3.74. The Morgan fingerprint density at radius 3 is 2.84 bits per heavy atom. The lowest BCUT2D eigenvalue weighted by Gasteiger charge is -2.21. The lowest BCUT2D eigenvalue weighted by atomic mass is 9.85. The Kier molecular flexibility index (Phi) is 3.92. The van der Waals surface area contributed by atoms with Crippen molar-refractivity contribution in [3.05, 3.63) is 41.5 Å². The number of rotatable bonds is 4. The zero-order valence-electron chi connectivity index (χ0n) is 14.0. The van der Waals surface area contributed by atoms with E-state index in [1.807, 2.05) is 13.0 Å². The first kappa shape index (κ1) is 16.7. The molecule has 1 aliphatic carbocycles. The van der Waals surface area contributed by atoms with Gasteiger partial charge in [-0.1, -0.05) is 23.7 Å². The molecule has 1 saturated heterocycles. The summed E-state index contributed by atoms with van der Waals surface area (Å²) in [7, 11) is -3.74. The third-order valence-corrected chi connectivity index (χ3v) is 6.95. The summed E-state index contributed by atoms with van der Waals surface area (Å²) < 4.78 is 47.1. The lowest BCUT2D eigenvalue weighted by Crippen LogP contribution is -2.32. The van der Waals surface area contributed by atoms with Crippen LogP contribution in [0.2, 0.25) is 0 Å². The third kappa shape index (κ3) is 2.87. The van der Waals surface area contributed by atoms with Crippen molar-refractivity contribution in [2.75, 3.05) is 13.1 Å². The Hall–Kier alpha value is -1.80. The summed E-state index contributed by atoms with van der Waals surface area (Å²) in [6, 6.07) is 6.63. The topological polar surface area (TPSA) is 76.3 Å². The molecule has 4 rings (SSSR count). The highest BCUT2D eigenvalue weighted by molar-refractivity contribution is 7.89. The minimum Gasteiger partial charge on any atom is -0.336 e. The van der Waals surface area contributed by atoms with Crippen molar-refractivity contribution in [2.45, 2.75) is 49.1 Å². The van der Waals surface area contributed by atoms with Gasteiger partial charge in [-0.25, -0.2) is 12.8 Å². The van der Waals surface area contributed by atoms with Gasteiger partial charge in [0.05, 0.1) is 11.4 Å². The normalized spacial score (nSPS) is 25.2. The van der Waals surface area contributed by atoms with Crippen LogP contribution in [0.25, 0.3) is 0 Å². The molecule has 2 aliphatic rings. The largest absolute Gasteiger partial charge is 0.336 e. The van der Waals surface area contributed by atoms with Crippen molar-refractivity contribution in [1.29, 1.82) is 0 Å². The van der Waals surface area contributed by atoms with Crippen LogP contribution in [-0.2, 0) is 15.7 Å².